The fourth-order valence-corrected chi connectivity index (χ4v) is 5.70. The van der Waals surface area contributed by atoms with Crippen LogP contribution in [-0.2, 0) is 21.0 Å². The molecule has 1 aromatic heterocycles. The van der Waals surface area contributed by atoms with E-state index in [1.54, 1.807) is 22.8 Å². The smallest absolute Gasteiger partial charge is 0.324 e. The molecule has 0 bridgehead atoms. The van der Waals surface area contributed by atoms with Gasteiger partial charge in [-0.3, -0.25) is 18.5 Å². The fourth-order valence-electron chi connectivity index (χ4n) is 3.48. The van der Waals surface area contributed by atoms with Gasteiger partial charge < -0.3 is 5.32 Å². The molecule has 1 amide bonds. The Balaban J connectivity index is 1.93. The maximum absolute atomic E-state index is 13.1. The van der Waals surface area contributed by atoms with Gasteiger partial charge in [0.05, 0.1) is 27.7 Å². The Hall–Kier alpha value is -2.86. The van der Waals surface area contributed by atoms with E-state index in [2.05, 4.69) is 5.32 Å². The maximum atomic E-state index is 13.1. The van der Waals surface area contributed by atoms with Gasteiger partial charge in [0.1, 0.15) is 6.04 Å². The molecule has 0 fully saturated rings. The molecule has 1 unspecified atom stereocenters. The van der Waals surface area contributed by atoms with Crippen LogP contribution < -0.4 is 14.5 Å². The molecule has 0 aliphatic rings. The predicted octanol–water partition coefficient (Wildman–Crippen LogP) is 4.46. The molecule has 7 nitrogen and oxygen atoms in total. The van der Waals surface area contributed by atoms with Gasteiger partial charge in [-0.2, -0.15) is 13.2 Å². The number of hydrogen-bond donors (Lipinski definition) is 1. The van der Waals surface area contributed by atoms with Gasteiger partial charge in [0.15, 0.2) is 0 Å². The summed E-state index contributed by atoms with van der Waals surface area (Å²) in [4.78, 5) is 24.9. The Morgan fingerprint density at radius 3 is 2.36 bits per heavy atom. The van der Waals surface area contributed by atoms with E-state index in [0.717, 1.165) is 29.7 Å². The number of sulfonamides is 1. The summed E-state index contributed by atoms with van der Waals surface area (Å²) in [5.74, 6) is -0.743. The number of carbonyl (C=O) groups excluding carboxylic acids is 1. The Kier molecular flexibility index (Phi) is 6.62. The van der Waals surface area contributed by atoms with Crippen LogP contribution in [-0.4, -0.2) is 31.2 Å². The van der Waals surface area contributed by atoms with Crippen LogP contribution >= 0.6 is 11.3 Å². The number of hydrogen-bond acceptors (Lipinski definition) is 5. The summed E-state index contributed by atoms with van der Waals surface area (Å²) in [6, 6.07) is 7.22. The van der Waals surface area contributed by atoms with E-state index in [1.807, 2.05) is 13.8 Å². The highest BCUT2D eigenvalue weighted by atomic mass is 32.2. The minimum absolute atomic E-state index is 0.0532. The number of halogens is 3. The van der Waals surface area contributed by atoms with Crippen molar-refractivity contribution in [1.82, 2.24) is 4.57 Å². The lowest BCUT2D eigenvalue weighted by molar-refractivity contribution is -0.137. The van der Waals surface area contributed by atoms with Crippen LogP contribution in [0.25, 0.3) is 10.2 Å². The number of amides is 1. The third-order valence-corrected chi connectivity index (χ3v) is 7.07. The van der Waals surface area contributed by atoms with Gasteiger partial charge in [-0.1, -0.05) is 17.4 Å². The molecule has 1 atom stereocenters. The Morgan fingerprint density at radius 2 is 1.79 bits per heavy atom. The van der Waals surface area contributed by atoms with Crippen molar-refractivity contribution in [3.05, 3.63) is 57.7 Å². The van der Waals surface area contributed by atoms with Gasteiger partial charge >= 0.3 is 11.0 Å². The lowest BCUT2D eigenvalue weighted by Crippen LogP contribution is -2.45. The average Bonchev–Trinajstić information content (AvgIpc) is 3.01. The number of benzene rings is 2. The van der Waals surface area contributed by atoms with E-state index in [-0.39, 0.29) is 16.6 Å². The zero-order valence-corrected chi connectivity index (χ0v) is 19.8. The summed E-state index contributed by atoms with van der Waals surface area (Å²) < 4.78 is 67.0. The highest BCUT2D eigenvalue weighted by Crippen LogP contribution is 2.33. The molecular formula is C21H22F3N3O4S2. The Bertz CT molecular complexity index is 1360. The van der Waals surface area contributed by atoms with Crippen molar-refractivity contribution >= 4 is 48.9 Å². The minimum atomic E-state index is -4.67. The lowest BCUT2D eigenvalue weighted by atomic mass is 10.1. The Labute approximate surface area is 192 Å². The number of aromatic nitrogens is 1. The summed E-state index contributed by atoms with van der Waals surface area (Å²) in [5, 5.41) is 2.59. The molecule has 0 saturated carbocycles. The van der Waals surface area contributed by atoms with E-state index in [9.17, 15) is 31.2 Å². The monoisotopic (exact) mass is 501 g/mol. The number of fused-ring (bicyclic) bond motifs is 1. The molecule has 0 saturated heterocycles. The molecule has 2 aromatic carbocycles. The van der Waals surface area contributed by atoms with Crippen molar-refractivity contribution in [1.29, 1.82) is 0 Å². The number of nitrogens with one attached hydrogen (secondary N) is 1. The van der Waals surface area contributed by atoms with E-state index < -0.39 is 33.7 Å². The first-order chi connectivity index (χ1) is 15.2. The van der Waals surface area contributed by atoms with Gasteiger partial charge in [-0.15, -0.1) is 0 Å². The topological polar surface area (TPSA) is 88.5 Å². The van der Waals surface area contributed by atoms with Crippen LogP contribution in [0.4, 0.5) is 24.5 Å². The average molecular weight is 502 g/mol. The maximum Gasteiger partial charge on any atom is 0.416 e. The molecule has 3 aromatic rings. The fraction of sp³-hybridized carbons (Fsp3) is 0.333. The molecule has 1 N–H and O–H groups in total. The van der Waals surface area contributed by atoms with E-state index in [1.165, 1.54) is 13.0 Å². The van der Waals surface area contributed by atoms with Crippen LogP contribution in [0.5, 0.6) is 0 Å². The van der Waals surface area contributed by atoms with Gasteiger partial charge in [0, 0.05) is 11.7 Å². The van der Waals surface area contributed by atoms with Crippen molar-refractivity contribution in [3.63, 3.8) is 0 Å². The Morgan fingerprint density at radius 1 is 1.12 bits per heavy atom. The van der Waals surface area contributed by atoms with Crippen LogP contribution in [0, 0.1) is 0 Å². The number of carbonyl (C=O) groups is 1. The van der Waals surface area contributed by atoms with Crippen LogP contribution in [0.1, 0.15) is 32.4 Å². The first kappa shape index (κ1) is 24.8. The minimum Gasteiger partial charge on any atom is -0.324 e. The van der Waals surface area contributed by atoms with Crippen molar-refractivity contribution in [2.24, 2.45) is 0 Å². The van der Waals surface area contributed by atoms with Crippen molar-refractivity contribution < 1.29 is 26.4 Å². The summed E-state index contributed by atoms with van der Waals surface area (Å²) in [5.41, 5.74) is -0.282. The summed E-state index contributed by atoms with van der Waals surface area (Å²) in [6.07, 6.45) is -3.86. The third kappa shape index (κ3) is 5.22. The van der Waals surface area contributed by atoms with E-state index in [4.69, 9.17) is 0 Å². The molecule has 33 heavy (non-hydrogen) atoms. The summed E-state index contributed by atoms with van der Waals surface area (Å²) >= 11 is 1.01. The quantitative estimate of drug-likeness (QED) is 0.540. The second-order valence-electron chi connectivity index (χ2n) is 7.79. The highest BCUT2D eigenvalue weighted by molar-refractivity contribution is 7.92. The largest absolute Gasteiger partial charge is 0.416 e. The van der Waals surface area contributed by atoms with Crippen LogP contribution in [0.15, 0.2) is 47.3 Å². The lowest BCUT2D eigenvalue weighted by Gasteiger charge is -2.28. The highest BCUT2D eigenvalue weighted by Gasteiger charge is 2.34. The van der Waals surface area contributed by atoms with Crippen LogP contribution in [0.3, 0.4) is 0 Å². The number of alkyl halides is 3. The van der Waals surface area contributed by atoms with Crippen molar-refractivity contribution in [3.8, 4) is 0 Å². The van der Waals surface area contributed by atoms with Gasteiger partial charge in [0.2, 0.25) is 15.9 Å². The molecule has 0 aliphatic heterocycles. The zero-order chi connectivity index (χ0) is 24.7. The normalized spacial score (nSPS) is 13.3. The third-order valence-electron chi connectivity index (χ3n) is 4.91. The first-order valence-electron chi connectivity index (χ1n) is 9.82. The first-order valence-corrected chi connectivity index (χ1v) is 12.5. The van der Waals surface area contributed by atoms with E-state index >= 15 is 0 Å². The SMILES string of the molecule is CC(C(=O)Nc1ccc2c(c1)sc(=O)n2C(C)C)N(c1cccc(C(F)(F)F)c1)S(C)(=O)=O. The van der Waals surface area contributed by atoms with Gasteiger partial charge in [-0.25, -0.2) is 8.42 Å². The molecular weight excluding hydrogens is 479 g/mol. The number of anilines is 2. The van der Waals surface area contributed by atoms with E-state index in [0.29, 0.717) is 26.3 Å². The predicted molar refractivity (Wildman–Crippen MR) is 123 cm³/mol. The van der Waals surface area contributed by atoms with Crippen LogP contribution in [0.2, 0.25) is 0 Å². The van der Waals surface area contributed by atoms with Crippen molar-refractivity contribution in [2.75, 3.05) is 15.9 Å². The van der Waals surface area contributed by atoms with Gasteiger partial charge in [0.25, 0.3) is 0 Å². The molecule has 0 aliphatic carbocycles. The number of nitrogens with zero attached hydrogens (tertiary/aromatic N) is 2. The van der Waals surface area contributed by atoms with Gasteiger partial charge in [-0.05, 0) is 57.2 Å². The zero-order valence-electron chi connectivity index (χ0n) is 18.2. The molecule has 0 radical (unpaired) electrons. The summed E-state index contributed by atoms with van der Waals surface area (Å²) in [6.45, 7) is 5.03. The second-order valence-corrected chi connectivity index (χ2v) is 10.6. The number of thiazole rings is 1. The molecule has 0 spiro atoms. The molecule has 12 heteroatoms. The van der Waals surface area contributed by atoms with Crippen molar-refractivity contribution in [2.45, 2.75) is 39.0 Å². The molecule has 178 valence electrons. The number of rotatable bonds is 6. The standard InChI is InChI=1S/C21H22F3N3O4S2/c1-12(2)26-17-9-8-15(11-18(17)32-20(26)29)25-19(28)13(3)27(33(4,30)31)16-7-5-6-14(10-16)21(22,23)24/h5-13H,1-4H3,(H,25,28). The molecule has 1 heterocycles. The molecule has 3 rings (SSSR count). The summed E-state index contributed by atoms with van der Waals surface area (Å²) in [7, 11) is -4.10. The second kappa shape index (κ2) is 8.82.